The molecule has 0 spiro atoms. The second-order valence-corrected chi connectivity index (χ2v) is 5.87. The molecular formula is C17H26ClF3N2O. The van der Waals surface area contributed by atoms with Crippen LogP contribution >= 0.6 is 12.4 Å². The van der Waals surface area contributed by atoms with E-state index in [0.717, 1.165) is 31.4 Å². The minimum Gasteiger partial charge on any atom is -0.352 e. The highest BCUT2D eigenvalue weighted by molar-refractivity contribution is 5.85. The first kappa shape index (κ1) is 22.7. The van der Waals surface area contributed by atoms with Crippen molar-refractivity contribution >= 4 is 18.3 Å². The van der Waals surface area contributed by atoms with Gasteiger partial charge >= 0.3 is 6.18 Å². The van der Waals surface area contributed by atoms with E-state index >= 15 is 0 Å². The lowest BCUT2D eigenvalue weighted by atomic mass is 9.95. The van der Waals surface area contributed by atoms with Crippen molar-refractivity contribution in [3.8, 4) is 0 Å². The van der Waals surface area contributed by atoms with Crippen molar-refractivity contribution in [2.24, 2.45) is 5.73 Å². The molecule has 0 aliphatic carbocycles. The van der Waals surface area contributed by atoms with Crippen LogP contribution in [0.3, 0.4) is 0 Å². The number of carbonyl (C=O) groups excluding carboxylic acids is 1. The molecule has 0 aliphatic heterocycles. The van der Waals surface area contributed by atoms with Crippen LogP contribution in [0.25, 0.3) is 0 Å². The average molecular weight is 367 g/mol. The maximum Gasteiger partial charge on any atom is 0.416 e. The molecule has 1 amide bonds. The smallest absolute Gasteiger partial charge is 0.352 e. The van der Waals surface area contributed by atoms with Crippen molar-refractivity contribution in [2.45, 2.75) is 57.7 Å². The van der Waals surface area contributed by atoms with E-state index in [9.17, 15) is 18.0 Å². The second kappa shape index (κ2) is 10.6. The lowest BCUT2D eigenvalue weighted by molar-refractivity contribution is -0.137. The number of amides is 1. The topological polar surface area (TPSA) is 55.1 Å². The summed E-state index contributed by atoms with van der Waals surface area (Å²) in [5, 5.41) is 2.86. The first-order chi connectivity index (χ1) is 10.8. The molecule has 138 valence electrons. The van der Waals surface area contributed by atoms with Crippen molar-refractivity contribution in [3.05, 3.63) is 35.4 Å². The van der Waals surface area contributed by atoms with E-state index in [1.54, 1.807) is 13.0 Å². The molecule has 0 aliphatic rings. The summed E-state index contributed by atoms with van der Waals surface area (Å²) < 4.78 is 38.2. The monoisotopic (exact) mass is 366 g/mol. The Morgan fingerprint density at radius 2 is 2.00 bits per heavy atom. The second-order valence-electron chi connectivity index (χ2n) is 5.87. The minimum absolute atomic E-state index is 0. The largest absolute Gasteiger partial charge is 0.416 e. The van der Waals surface area contributed by atoms with Crippen LogP contribution in [-0.4, -0.2) is 18.5 Å². The van der Waals surface area contributed by atoms with Gasteiger partial charge in [-0.3, -0.25) is 4.79 Å². The normalized spacial score (nSPS) is 13.8. The predicted octanol–water partition coefficient (Wildman–Crippen LogP) is 4.25. The zero-order valence-electron chi connectivity index (χ0n) is 14.0. The van der Waals surface area contributed by atoms with Gasteiger partial charge in [-0.1, -0.05) is 44.9 Å². The zero-order valence-corrected chi connectivity index (χ0v) is 14.8. The van der Waals surface area contributed by atoms with Crippen LogP contribution < -0.4 is 11.1 Å². The molecule has 7 heteroatoms. The Hall–Kier alpha value is -1.27. The minimum atomic E-state index is -4.37. The highest BCUT2D eigenvalue weighted by atomic mass is 35.5. The molecule has 3 N–H and O–H groups in total. The number of halogens is 4. The molecule has 0 saturated carbocycles. The summed E-state index contributed by atoms with van der Waals surface area (Å²) in [6.45, 7) is 4.17. The van der Waals surface area contributed by atoms with Gasteiger partial charge in [0.1, 0.15) is 0 Å². The van der Waals surface area contributed by atoms with Crippen molar-refractivity contribution in [3.63, 3.8) is 0 Å². The molecule has 2 atom stereocenters. The van der Waals surface area contributed by atoms with Gasteiger partial charge in [0.15, 0.2) is 0 Å². The van der Waals surface area contributed by atoms with Crippen LogP contribution in [0.5, 0.6) is 0 Å². The molecular weight excluding hydrogens is 341 g/mol. The quantitative estimate of drug-likeness (QED) is 0.722. The fraction of sp³-hybridized carbons (Fsp3) is 0.588. The van der Waals surface area contributed by atoms with E-state index in [1.807, 2.05) is 0 Å². The Morgan fingerprint density at radius 3 is 2.54 bits per heavy atom. The Morgan fingerprint density at radius 1 is 1.33 bits per heavy atom. The van der Waals surface area contributed by atoms with Gasteiger partial charge < -0.3 is 11.1 Å². The fourth-order valence-electron chi connectivity index (χ4n) is 2.40. The number of nitrogens with two attached hydrogens (primary N) is 1. The predicted molar refractivity (Wildman–Crippen MR) is 92.2 cm³/mol. The number of hydrogen-bond acceptors (Lipinski definition) is 2. The Kier molecular flexibility index (Phi) is 10.0. The number of carbonyl (C=O) groups is 1. The molecule has 1 aromatic carbocycles. The summed E-state index contributed by atoms with van der Waals surface area (Å²) in [5.41, 5.74) is 5.45. The van der Waals surface area contributed by atoms with Gasteiger partial charge in [-0.25, -0.2) is 0 Å². The van der Waals surface area contributed by atoms with E-state index < -0.39 is 11.7 Å². The lowest BCUT2D eigenvalue weighted by Gasteiger charge is -2.19. The Labute approximate surface area is 147 Å². The molecule has 24 heavy (non-hydrogen) atoms. The highest BCUT2D eigenvalue weighted by Gasteiger charge is 2.30. The first-order valence-electron chi connectivity index (χ1n) is 7.94. The summed E-state index contributed by atoms with van der Waals surface area (Å²) >= 11 is 0. The van der Waals surface area contributed by atoms with Crippen LogP contribution in [0.2, 0.25) is 0 Å². The van der Waals surface area contributed by atoms with E-state index in [0.29, 0.717) is 12.1 Å². The maximum absolute atomic E-state index is 12.7. The van der Waals surface area contributed by atoms with Crippen molar-refractivity contribution in [2.75, 3.05) is 6.54 Å². The molecule has 2 unspecified atom stereocenters. The number of alkyl halides is 3. The lowest BCUT2D eigenvalue weighted by Crippen LogP contribution is -2.40. The summed E-state index contributed by atoms with van der Waals surface area (Å²) in [7, 11) is 0. The third kappa shape index (κ3) is 7.53. The average Bonchev–Trinajstić information content (AvgIpc) is 2.50. The van der Waals surface area contributed by atoms with Crippen LogP contribution in [0, 0.1) is 0 Å². The highest BCUT2D eigenvalue weighted by Crippen LogP contribution is 2.31. The number of rotatable bonds is 8. The van der Waals surface area contributed by atoms with Crippen LogP contribution in [0.15, 0.2) is 24.3 Å². The van der Waals surface area contributed by atoms with Crippen LogP contribution in [-0.2, 0) is 11.0 Å². The van der Waals surface area contributed by atoms with Gasteiger partial charge in [0.2, 0.25) is 5.91 Å². The van der Waals surface area contributed by atoms with Crippen LogP contribution in [0.1, 0.15) is 56.6 Å². The Balaban J connectivity index is 0.00000529. The summed E-state index contributed by atoms with van der Waals surface area (Å²) in [5.74, 6) is -0.469. The summed E-state index contributed by atoms with van der Waals surface area (Å²) in [6.07, 6.45) is -1.41. The molecule has 0 fully saturated rings. The molecule has 0 saturated heterocycles. The first-order valence-corrected chi connectivity index (χ1v) is 7.94. The van der Waals surface area contributed by atoms with E-state index in [2.05, 4.69) is 12.2 Å². The number of nitrogens with one attached hydrogen (secondary N) is 1. The summed E-state index contributed by atoms with van der Waals surface area (Å²) in [4.78, 5) is 12.1. The van der Waals surface area contributed by atoms with Crippen molar-refractivity contribution in [1.82, 2.24) is 5.32 Å². The molecule has 3 nitrogen and oxygen atoms in total. The van der Waals surface area contributed by atoms with Crippen molar-refractivity contribution in [1.29, 1.82) is 0 Å². The SMILES string of the molecule is CCCCC(CN)NC(=O)CC(C)c1cccc(C(F)(F)F)c1.Cl. The third-order valence-electron chi connectivity index (χ3n) is 3.83. The maximum atomic E-state index is 12.7. The molecule has 1 aromatic rings. The van der Waals surface area contributed by atoms with E-state index in [1.165, 1.54) is 6.07 Å². The molecule has 1 rings (SSSR count). The van der Waals surface area contributed by atoms with Gasteiger partial charge in [-0.2, -0.15) is 13.2 Å². The van der Waals surface area contributed by atoms with Crippen molar-refractivity contribution < 1.29 is 18.0 Å². The van der Waals surface area contributed by atoms with Gasteiger partial charge in [-0.05, 0) is 24.0 Å². The zero-order chi connectivity index (χ0) is 17.5. The number of benzene rings is 1. The van der Waals surface area contributed by atoms with E-state index in [4.69, 9.17) is 5.73 Å². The van der Waals surface area contributed by atoms with Gasteiger partial charge in [0.05, 0.1) is 5.56 Å². The molecule has 0 bridgehead atoms. The Bertz CT molecular complexity index is 509. The van der Waals surface area contributed by atoms with Gasteiger partial charge in [0.25, 0.3) is 0 Å². The molecule has 0 radical (unpaired) electrons. The number of hydrogen-bond donors (Lipinski definition) is 2. The van der Waals surface area contributed by atoms with Gasteiger partial charge in [-0.15, -0.1) is 12.4 Å². The standard InChI is InChI=1S/C17H25F3N2O.ClH/c1-3-4-8-15(11-21)22-16(23)9-12(2)13-6-5-7-14(10-13)17(18,19)20;/h5-7,10,12,15H,3-4,8-9,11,21H2,1-2H3,(H,22,23);1H. The fourth-order valence-corrected chi connectivity index (χ4v) is 2.40. The molecule has 0 heterocycles. The molecule has 0 aromatic heterocycles. The third-order valence-corrected chi connectivity index (χ3v) is 3.83. The van der Waals surface area contributed by atoms with Crippen LogP contribution in [0.4, 0.5) is 13.2 Å². The number of unbranched alkanes of at least 4 members (excludes halogenated alkanes) is 1. The van der Waals surface area contributed by atoms with Gasteiger partial charge in [0, 0.05) is 19.0 Å². The van der Waals surface area contributed by atoms with E-state index in [-0.39, 0.29) is 36.7 Å². The summed E-state index contributed by atoms with van der Waals surface area (Å²) in [6, 6.07) is 5.05.